The minimum Gasteiger partial charge on any atom is -1.00 e. The third-order valence-corrected chi connectivity index (χ3v) is 2.88. The first-order valence-electron chi connectivity index (χ1n) is 5.40. The van der Waals surface area contributed by atoms with Crippen molar-refractivity contribution >= 4 is 51.1 Å². The Labute approximate surface area is 124 Å². The molecule has 0 radical (unpaired) electrons. The van der Waals surface area contributed by atoms with Crippen LogP contribution in [0.3, 0.4) is 0 Å². The van der Waals surface area contributed by atoms with Gasteiger partial charge in [0.15, 0.2) is 0 Å². The largest absolute Gasteiger partial charge is 2.00 e. The van der Waals surface area contributed by atoms with Crippen molar-refractivity contribution in [1.29, 1.82) is 0 Å². The van der Waals surface area contributed by atoms with Gasteiger partial charge in [0, 0.05) is 5.39 Å². The fourth-order valence-electron chi connectivity index (χ4n) is 2.09. The molecule has 2 nitrogen and oxygen atoms in total. The van der Waals surface area contributed by atoms with Gasteiger partial charge in [-0.1, -0.05) is 36.4 Å². The average Bonchev–Trinajstić information content (AvgIpc) is 2.37. The molecule has 0 spiro atoms. The van der Waals surface area contributed by atoms with Gasteiger partial charge in [0.1, 0.15) is 5.75 Å². The molecule has 3 rings (SSSR count). The molecule has 0 aliphatic heterocycles. The summed E-state index contributed by atoms with van der Waals surface area (Å²) in [6.07, 6.45) is 0. The smallest absolute Gasteiger partial charge is 1.00 e. The summed E-state index contributed by atoms with van der Waals surface area (Å²) >= 11 is 0. The molecule has 0 aliphatic carbocycles. The van der Waals surface area contributed by atoms with Gasteiger partial charge < -0.3 is 7.59 Å². The molecule has 0 aliphatic rings. The molecule has 0 N–H and O–H groups in total. The summed E-state index contributed by atoms with van der Waals surface area (Å²) < 4.78 is 4.99. The standard InChI is InChI=1S/C15H10O2.Mg.2H/c16-10-17-15-7-3-6-13-8-11-4-1-2-5-12(11)9-14(13)15;;;/h1-10H;;;/q;+2;2*-1. The number of rotatable bonds is 2. The van der Waals surface area contributed by atoms with E-state index in [9.17, 15) is 4.79 Å². The number of ether oxygens (including phenoxy) is 1. The molecular weight excluding hydrogens is 236 g/mol. The van der Waals surface area contributed by atoms with Crippen molar-refractivity contribution in [3.05, 3.63) is 54.6 Å². The zero-order valence-corrected chi connectivity index (χ0v) is 11.2. The number of hydrogen-bond acceptors (Lipinski definition) is 2. The Hall–Kier alpha value is -1.58. The van der Waals surface area contributed by atoms with E-state index in [-0.39, 0.29) is 25.9 Å². The van der Waals surface area contributed by atoms with E-state index in [0.29, 0.717) is 12.2 Å². The monoisotopic (exact) mass is 248 g/mol. The molecule has 0 saturated carbocycles. The SMILES string of the molecule is O=COc1cccc2cc3ccccc3cc12.[H-].[H-].[Mg+2]. The van der Waals surface area contributed by atoms with Crippen molar-refractivity contribution in [3.8, 4) is 5.75 Å². The number of hydrogen-bond donors (Lipinski definition) is 0. The Morgan fingerprint density at radius 1 is 0.889 bits per heavy atom. The van der Waals surface area contributed by atoms with Gasteiger partial charge in [0.25, 0.3) is 6.47 Å². The maximum atomic E-state index is 10.5. The second-order valence-corrected chi connectivity index (χ2v) is 3.89. The molecule has 3 aromatic carbocycles. The molecule has 0 aromatic heterocycles. The van der Waals surface area contributed by atoms with E-state index in [4.69, 9.17) is 4.74 Å². The van der Waals surface area contributed by atoms with Crippen molar-refractivity contribution in [2.24, 2.45) is 0 Å². The van der Waals surface area contributed by atoms with E-state index in [0.717, 1.165) is 16.2 Å². The zero-order chi connectivity index (χ0) is 11.7. The van der Waals surface area contributed by atoms with E-state index in [1.807, 2.05) is 36.4 Å². The Bertz CT molecular complexity index is 716. The van der Waals surface area contributed by atoms with Crippen molar-refractivity contribution in [2.75, 3.05) is 0 Å². The van der Waals surface area contributed by atoms with Gasteiger partial charge in [-0.15, -0.1) is 0 Å². The van der Waals surface area contributed by atoms with Crippen molar-refractivity contribution in [1.82, 2.24) is 0 Å². The van der Waals surface area contributed by atoms with Crippen LogP contribution in [0.1, 0.15) is 2.85 Å². The van der Waals surface area contributed by atoms with Crippen LogP contribution >= 0.6 is 0 Å². The fraction of sp³-hybridized carbons (Fsp3) is 0. The number of benzene rings is 3. The van der Waals surface area contributed by atoms with Gasteiger partial charge in [-0.2, -0.15) is 0 Å². The summed E-state index contributed by atoms with van der Waals surface area (Å²) in [5.41, 5.74) is 0. The first-order chi connectivity index (χ1) is 8.38. The third-order valence-electron chi connectivity index (χ3n) is 2.88. The van der Waals surface area contributed by atoms with Crippen molar-refractivity contribution < 1.29 is 12.4 Å². The quantitative estimate of drug-likeness (QED) is 0.395. The minimum absolute atomic E-state index is 0. The zero-order valence-electron chi connectivity index (χ0n) is 11.8. The molecule has 0 amide bonds. The summed E-state index contributed by atoms with van der Waals surface area (Å²) in [6.45, 7) is 0.462. The van der Waals surface area contributed by atoms with E-state index in [1.54, 1.807) is 6.07 Å². The number of carbonyl (C=O) groups excluding carboxylic acids is 1. The predicted molar refractivity (Wildman–Crippen MR) is 76.1 cm³/mol. The topological polar surface area (TPSA) is 26.3 Å². The van der Waals surface area contributed by atoms with Crippen molar-refractivity contribution in [2.45, 2.75) is 0 Å². The molecule has 0 fully saturated rings. The molecule has 3 heteroatoms. The predicted octanol–water partition coefficient (Wildman–Crippen LogP) is 3.37. The summed E-state index contributed by atoms with van der Waals surface area (Å²) in [4.78, 5) is 10.5. The number of carbonyl (C=O) groups is 1. The third kappa shape index (κ3) is 2.19. The van der Waals surface area contributed by atoms with Crippen LogP contribution in [0, 0.1) is 0 Å². The van der Waals surface area contributed by atoms with E-state index < -0.39 is 0 Å². The first-order valence-corrected chi connectivity index (χ1v) is 5.40. The van der Waals surface area contributed by atoms with Crippen LogP contribution in [-0.4, -0.2) is 29.5 Å². The average molecular weight is 249 g/mol. The summed E-state index contributed by atoms with van der Waals surface area (Å²) in [5.74, 6) is 0.600. The molecule has 0 heterocycles. The molecule has 0 atom stereocenters. The fourth-order valence-corrected chi connectivity index (χ4v) is 2.09. The van der Waals surface area contributed by atoms with E-state index >= 15 is 0 Å². The molecular formula is C15H12MgO2. The summed E-state index contributed by atoms with van der Waals surface area (Å²) in [5, 5.41) is 4.35. The molecule has 0 unspecified atom stereocenters. The van der Waals surface area contributed by atoms with Crippen LogP contribution in [0.5, 0.6) is 5.75 Å². The van der Waals surface area contributed by atoms with Crippen LogP contribution in [0.2, 0.25) is 0 Å². The Morgan fingerprint density at radius 2 is 1.56 bits per heavy atom. The molecule has 3 aromatic rings. The second-order valence-electron chi connectivity index (χ2n) is 3.89. The Kier molecular flexibility index (Phi) is 3.84. The summed E-state index contributed by atoms with van der Waals surface area (Å²) in [6, 6.07) is 18.0. The van der Waals surface area contributed by atoms with Crippen LogP contribution in [0.25, 0.3) is 21.5 Å². The normalized spacial score (nSPS) is 10.0. The van der Waals surface area contributed by atoms with Gasteiger partial charge in [-0.25, -0.2) is 0 Å². The van der Waals surface area contributed by atoms with Crippen LogP contribution in [0.15, 0.2) is 54.6 Å². The molecule has 86 valence electrons. The van der Waals surface area contributed by atoms with Gasteiger partial charge in [-0.05, 0) is 34.4 Å². The first kappa shape index (κ1) is 12.9. The Balaban J connectivity index is 0.00000120. The molecule has 0 saturated heterocycles. The number of fused-ring (bicyclic) bond motifs is 2. The van der Waals surface area contributed by atoms with E-state index in [2.05, 4.69) is 12.1 Å². The van der Waals surface area contributed by atoms with Gasteiger partial charge >= 0.3 is 23.1 Å². The van der Waals surface area contributed by atoms with Crippen LogP contribution < -0.4 is 4.74 Å². The van der Waals surface area contributed by atoms with Crippen molar-refractivity contribution in [3.63, 3.8) is 0 Å². The Morgan fingerprint density at radius 3 is 2.28 bits per heavy atom. The van der Waals surface area contributed by atoms with Gasteiger partial charge in [-0.3, -0.25) is 4.79 Å². The van der Waals surface area contributed by atoms with Gasteiger partial charge in [0.05, 0.1) is 0 Å². The summed E-state index contributed by atoms with van der Waals surface area (Å²) in [7, 11) is 0. The minimum atomic E-state index is 0. The van der Waals surface area contributed by atoms with E-state index in [1.165, 1.54) is 5.39 Å². The van der Waals surface area contributed by atoms with Crippen LogP contribution in [0.4, 0.5) is 0 Å². The maximum Gasteiger partial charge on any atom is 2.00 e. The molecule has 18 heavy (non-hydrogen) atoms. The molecule has 0 bridgehead atoms. The van der Waals surface area contributed by atoms with Crippen LogP contribution in [-0.2, 0) is 4.79 Å². The maximum absolute atomic E-state index is 10.5. The van der Waals surface area contributed by atoms with Gasteiger partial charge in [0.2, 0.25) is 0 Å². The second kappa shape index (κ2) is 5.37.